The van der Waals surface area contributed by atoms with Gasteiger partial charge in [0.05, 0.1) is 0 Å². The van der Waals surface area contributed by atoms with Crippen molar-refractivity contribution >= 4 is 11.9 Å². The quantitative estimate of drug-likeness (QED) is 0.779. The van der Waals surface area contributed by atoms with Crippen LogP contribution in [0.15, 0.2) is 24.3 Å². The van der Waals surface area contributed by atoms with Crippen LogP contribution in [0.1, 0.15) is 30.9 Å². The van der Waals surface area contributed by atoms with Crippen LogP contribution >= 0.6 is 0 Å². The summed E-state index contributed by atoms with van der Waals surface area (Å²) in [6.07, 6.45) is 1.79. The number of aliphatic carboxylic acids is 1. The summed E-state index contributed by atoms with van der Waals surface area (Å²) in [5, 5.41) is 11.7. The Morgan fingerprint density at radius 3 is 2.39 bits per heavy atom. The first kappa shape index (κ1) is 12.6. The lowest BCUT2D eigenvalue weighted by Gasteiger charge is -2.12. The van der Waals surface area contributed by atoms with E-state index in [0.717, 1.165) is 12.0 Å². The molecule has 0 unspecified atom stereocenters. The van der Waals surface area contributed by atoms with Crippen molar-refractivity contribution in [3.8, 4) is 0 Å². The summed E-state index contributed by atoms with van der Waals surface area (Å²) in [6.45, 7) is 2.46. The third-order valence-corrected chi connectivity index (χ3v) is 3.53. The van der Waals surface area contributed by atoms with Crippen molar-refractivity contribution in [1.29, 1.82) is 0 Å². The van der Waals surface area contributed by atoms with Gasteiger partial charge in [0.25, 0.3) is 0 Å². The standard InChI is InChI=1S/C14H17NO3/c1-2-10-5-3-4-6-11(10)9-15-12(16)14(7-8-14)13(17)18/h3-6H,2,7-9H2,1H3,(H,15,16)(H,17,18). The maximum Gasteiger partial charge on any atom is 0.319 e. The first-order valence-corrected chi connectivity index (χ1v) is 6.18. The molecule has 1 aromatic rings. The second-order valence-corrected chi connectivity index (χ2v) is 4.69. The summed E-state index contributed by atoms with van der Waals surface area (Å²) in [5.41, 5.74) is 1.08. The van der Waals surface area contributed by atoms with Gasteiger partial charge in [-0.25, -0.2) is 0 Å². The van der Waals surface area contributed by atoms with E-state index in [-0.39, 0.29) is 5.91 Å². The molecule has 0 radical (unpaired) electrons. The highest BCUT2D eigenvalue weighted by Gasteiger charge is 2.56. The monoisotopic (exact) mass is 247 g/mol. The maximum atomic E-state index is 11.8. The molecule has 0 aromatic heterocycles. The van der Waals surface area contributed by atoms with Gasteiger partial charge in [-0.2, -0.15) is 0 Å². The van der Waals surface area contributed by atoms with Crippen LogP contribution in [0.25, 0.3) is 0 Å². The molecule has 1 amide bonds. The first-order chi connectivity index (χ1) is 8.60. The number of aryl methyl sites for hydroxylation is 1. The second kappa shape index (κ2) is 4.80. The van der Waals surface area contributed by atoms with E-state index in [1.54, 1.807) is 0 Å². The predicted molar refractivity (Wildman–Crippen MR) is 67.0 cm³/mol. The van der Waals surface area contributed by atoms with Crippen molar-refractivity contribution in [2.45, 2.75) is 32.7 Å². The van der Waals surface area contributed by atoms with E-state index in [2.05, 4.69) is 12.2 Å². The molecule has 0 aliphatic heterocycles. The smallest absolute Gasteiger partial charge is 0.319 e. The van der Waals surface area contributed by atoms with Gasteiger partial charge in [-0.05, 0) is 30.4 Å². The summed E-state index contributed by atoms with van der Waals surface area (Å²) in [6, 6.07) is 7.86. The highest BCUT2D eigenvalue weighted by molar-refractivity contribution is 6.04. The molecule has 0 saturated heterocycles. The lowest BCUT2D eigenvalue weighted by Crippen LogP contribution is -2.36. The molecular weight excluding hydrogens is 230 g/mol. The molecule has 1 fully saturated rings. The molecule has 1 saturated carbocycles. The van der Waals surface area contributed by atoms with Crippen molar-refractivity contribution in [3.63, 3.8) is 0 Å². The van der Waals surface area contributed by atoms with Crippen LogP contribution in [-0.4, -0.2) is 17.0 Å². The minimum atomic E-state index is -1.15. The van der Waals surface area contributed by atoms with Crippen molar-refractivity contribution in [2.75, 3.05) is 0 Å². The summed E-state index contributed by atoms with van der Waals surface area (Å²) >= 11 is 0. The van der Waals surface area contributed by atoms with E-state index in [4.69, 9.17) is 5.11 Å². The van der Waals surface area contributed by atoms with Gasteiger partial charge in [0.2, 0.25) is 5.91 Å². The Morgan fingerprint density at radius 1 is 1.28 bits per heavy atom. The minimum Gasteiger partial charge on any atom is -0.480 e. The van der Waals surface area contributed by atoms with Crippen LogP contribution in [0.3, 0.4) is 0 Å². The molecule has 1 aliphatic carbocycles. The van der Waals surface area contributed by atoms with E-state index < -0.39 is 11.4 Å². The Morgan fingerprint density at radius 2 is 1.89 bits per heavy atom. The molecule has 4 nitrogen and oxygen atoms in total. The Hall–Kier alpha value is -1.84. The van der Waals surface area contributed by atoms with Crippen molar-refractivity contribution < 1.29 is 14.7 Å². The van der Waals surface area contributed by atoms with Gasteiger partial charge in [-0.15, -0.1) is 0 Å². The number of nitrogens with one attached hydrogen (secondary N) is 1. The fourth-order valence-corrected chi connectivity index (χ4v) is 2.08. The van der Waals surface area contributed by atoms with Crippen LogP contribution < -0.4 is 5.32 Å². The fraction of sp³-hybridized carbons (Fsp3) is 0.429. The highest BCUT2D eigenvalue weighted by Crippen LogP contribution is 2.46. The molecule has 0 spiro atoms. The minimum absolute atomic E-state index is 0.360. The summed E-state index contributed by atoms with van der Waals surface area (Å²) < 4.78 is 0. The molecule has 96 valence electrons. The molecule has 1 aromatic carbocycles. The van der Waals surface area contributed by atoms with Gasteiger partial charge in [0, 0.05) is 6.54 Å². The zero-order valence-electron chi connectivity index (χ0n) is 10.4. The van der Waals surface area contributed by atoms with E-state index in [0.29, 0.717) is 19.4 Å². The Bertz CT molecular complexity index is 478. The van der Waals surface area contributed by atoms with Gasteiger partial charge in [0.1, 0.15) is 5.41 Å². The normalized spacial score (nSPS) is 16.1. The molecule has 0 atom stereocenters. The zero-order valence-corrected chi connectivity index (χ0v) is 10.4. The molecule has 2 N–H and O–H groups in total. The van der Waals surface area contributed by atoms with E-state index >= 15 is 0 Å². The Kier molecular flexibility index (Phi) is 3.36. The summed E-state index contributed by atoms with van der Waals surface area (Å²) in [4.78, 5) is 22.8. The Balaban J connectivity index is 2.00. The van der Waals surface area contributed by atoms with E-state index in [1.807, 2.05) is 24.3 Å². The number of carbonyl (C=O) groups excluding carboxylic acids is 1. The van der Waals surface area contributed by atoms with Crippen LogP contribution in [0, 0.1) is 5.41 Å². The molecule has 0 bridgehead atoms. The molecular formula is C14H17NO3. The van der Waals surface area contributed by atoms with Gasteiger partial charge in [-0.3, -0.25) is 9.59 Å². The number of carbonyl (C=O) groups is 2. The van der Waals surface area contributed by atoms with E-state index in [1.165, 1.54) is 5.56 Å². The van der Waals surface area contributed by atoms with Gasteiger partial charge >= 0.3 is 5.97 Å². The van der Waals surface area contributed by atoms with Crippen molar-refractivity contribution in [2.24, 2.45) is 5.41 Å². The first-order valence-electron chi connectivity index (χ1n) is 6.18. The Labute approximate surface area is 106 Å². The molecule has 4 heteroatoms. The lowest BCUT2D eigenvalue weighted by molar-refractivity contribution is -0.149. The van der Waals surface area contributed by atoms with Crippen LogP contribution in [0.2, 0.25) is 0 Å². The molecule has 2 rings (SSSR count). The predicted octanol–water partition coefficient (Wildman–Crippen LogP) is 1.73. The highest BCUT2D eigenvalue weighted by atomic mass is 16.4. The average molecular weight is 247 g/mol. The van der Waals surface area contributed by atoms with Crippen molar-refractivity contribution in [3.05, 3.63) is 35.4 Å². The molecule has 18 heavy (non-hydrogen) atoms. The van der Waals surface area contributed by atoms with Crippen LogP contribution in [0.5, 0.6) is 0 Å². The number of hydrogen-bond donors (Lipinski definition) is 2. The van der Waals surface area contributed by atoms with Crippen LogP contribution in [0.4, 0.5) is 0 Å². The number of benzene rings is 1. The topological polar surface area (TPSA) is 66.4 Å². The molecule has 0 heterocycles. The average Bonchev–Trinajstić information content (AvgIpc) is 3.17. The number of hydrogen-bond acceptors (Lipinski definition) is 2. The SMILES string of the molecule is CCc1ccccc1CNC(=O)C1(C(=O)O)CC1. The second-order valence-electron chi connectivity index (χ2n) is 4.69. The fourth-order valence-electron chi connectivity index (χ4n) is 2.08. The van der Waals surface area contributed by atoms with Crippen LogP contribution in [-0.2, 0) is 22.6 Å². The largest absolute Gasteiger partial charge is 0.480 e. The lowest BCUT2D eigenvalue weighted by atomic mass is 10.0. The van der Waals surface area contributed by atoms with E-state index in [9.17, 15) is 9.59 Å². The third kappa shape index (κ3) is 2.23. The van der Waals surface area contributed by atoms with Crippen molar-refractivity contribution in [1.82, 2.24) is 5.32 Å². The van der Waals surface area contributed by atoms with Gasteiger partial charge < -0.3 is 10.4 Å². The third-order valence-electron chi connectivity index (χ3n) is 3.53. The van der Waals surface area contributed by atoms with Gasteiger partial charge in [0.15, 0.2) is 0 Å². The summed E-state index contributed by atoms with van der Waals surface area (Å²) in [5.74, 6) is -1.37. The van der Waals surface area contributed by atoms with Gasteiger partial charge in [-0.1, -0.05) is 31.2 Å². The number of amides is 1. The molecule has 1 aliphatic rings. The summed E-state index contributed by atoms with van der Waals surface area (Å²) in [7, 11) is 0. The zero-order chi connectivity index (χ0) is 13.2. The number of carboxylic acids is 1. The maximum absolute atomic E-state index is 11.8. The number of rotatable bonds is 5. The number of carboxylic acid groups (broad SMARTS) is 1.